The van der Waals surface area contributed by atoms with Gasteiger partial charge in [0.05, 0.1) is 17.8 Å². The van der Waals surface area contributed by atoms with Crippen molar-refractivity contribution in [3.05, 3.63) is 53.7 Å². The maximum atomic E-state index is 13.6. The molecule has 0 radical (unpaired) electrons. The third kappa shape index (κ3) is 2.70. The molecule has 0 amide bonds. The van der Waals surface area contributed by atoms with Gasteiger partial charge in [0.15, 0.2) is 0 Å². The number of aryl methyl sites for hydroxylation is 1. The minimum atomic E-state index is -0.263. The maximum Gasteiger partial charge on any atom is 0.124 e. The fraction of sp³-hybridized carbons (Fsp3) is 0.214. The number of hydrogen-bond donors (Lipinski definition) is 0. The number of pyridine rings is 1. The van der Waals surface area contributed by atoms with Gasteiger partial charge in [0.25, 0.3) is 0 Å². The van der Waals surface area contributed by atoms with Gasteiger partial charge in [0.1, 0.15) is 5.82 Å². The molecule has 4 nitrogen and oxygen atoms in total. The molecule has 0 N–H and O–H groups in total. The summed E-state index contributed by atoms with van der Waals surface area (Å²) in [5.41, 5.74) is 2.51. The summed E-state index contributed by atoms with van der Waals surface area (Å²) < 4.78 is 15.4. The summed E-state index contributed by atoms with van der Waals surface area (Å²) >= 11 is 3.37. The van der Waals surface area contributed by atoms with Gasteiger partial charge in [0.2, 0.25) is 0 Å². The highest BCUT2D eigenvalue weighted by molar-refractivity contribution is 9.09. The number of halogens is 2. The van der Waals surface area contributed by atoms with E-state index in [1.54, 1.807) is 16.9 Å². The van der Waals surface area contributed by atoms with Crippen molar-refractivity contribution in [2.45, 2.75) is 13.0 Å². The average molecular weight is 335 g/mol. The van der Waals surface area contributed by atoms with E-state index in [-0.39, 0.29) is 5.82 Å². The van der Waals surface area contributed by atoms with E-state index in [0.717, 1.165) is 33.9 Å². The molecule has 0 aliphatic carbocycles. The number of rotatable bonds is 4. The average Bonchev–Trinajstić information content (AvgIpc) is 2.86. The van der Waals surface area contributed by atoms with E-state index in [1.165, 1.54) is 12.1 Å². The van der Waals surface area contributed by atoms with E-state index in [2.05, 4.69) is 31.2 Å². The number of benzene rings is 1. The third-order valence-corrected chi connectivity index (χ3v) is 3.41. The lowest BCUT2D eigenvalue weighted by Gasteiger charge is -2.06. The summed E-state index contributed by atoms with van der Waals surface area (Å²) in [7, 11) is 0. The highest BCUT2D eigenvalue weighted by Gasteiger charge is 2.07. The smallest absolute Gasteiger partial charge is 0.124 e. The predicted molar refractivity (Wildman–Crippen MR) is 78.3 cm³/mol. The summed E-state index contributed by atoms with van der Waals surface area (Å²) in [6.07, 6.45) is 4.41. The zero-order chi connectivity index (χ0) is 13.9. The highest BCUT2D eigenvalue weighted by atomic mass is 79.9. The summed E-state index contributed by atoms with van der Waals surface area (Å²) in [5, 5.41) is 9.77. The summed E-state index contributed by atoms with van der Waals surface area (Å²) in [5.74, 6) is -0.263. The van der Waals surface area contributed by atoms with Crippen molar-refractivity contribution in [2.75, 3.05) is 5.33 Å². The van der Waals surface area contributed by atoms with Crippen LogP contribution in [0.4, 0.5) is 4.39 Å². The topological polar surface area (TPSA) is 43.6 Å². The molecule has 3 aromatic rings. The summed E-state index contributed by atoms with van der Waals surface area (Å²) in [4.78, 5) is 4.33. The minimum Gasteiger partial charge on any atom is -0.256 e. The standard InChI is InChI=1S/C14H12BrFN4/c15-4-3-13-9-20(19-18-13)8-11-7-12(16)6-10-2-1-5-17-14(10)11/h1-2,5-7,9H,3-4,8H2. The lowest BCUT2D eigenvalue weighted by Crippen LogP contribution is -2.02. The van der Waals surface area contributed by atoms with Crippen LogP contribution in [-0.2, 0) is 13.0 Å². The molecule has 0 aliphatic rings. The van der Waals surface area contributed by atoms with Crippen molar-refractivity contribution >= 4 is 26.8 Å². The van der Waals surface area contributed by atoms with Crippen LogP contribution in [0, 0.1) is 5.82 Å². The lowest BCUT2D eigenvalue weighted by atomic mass is 10.1. The van der Waals surface area contributed by atoms with Gasteiger partial charge in [-0.1, -0.05) is 27.2 Å². The Morgan fingerprint density at radius 1 is 1.30 bits per heavy atom. The molecule has 6 heteroatoms. The van der Waals surface area contributed by atoms with Crippen LogP contribution in [0.15, 0.2) is 36.7 Å². The van der Waals surface area contributed by atoms with E-state index >= 15 is 0 Å². The van der Waals surface area contributed by atoms with Crippen LogP contribution in [0.1, 0.15) is 11.3 Å². The molecule has 0 spiro atoms. The van der Waals surface area contributed by atoms with Crippen molar-refractivity contribution in [3.8, 4) is 0 Å². The number of alkyl halides is 1. The van der Waals surface area contributed by atoms with E-state index < -0.39 is 0 Å². The fourth-order valence-electron chi connectivity index (χ4n) is 2.15. The lowest BCUT2D eigenvalue weighted by molar-refractivity contribution is 0.617. The molecule has 3 rings (SSSR count). The second kappa shape index (κ2) is 5.66. The molecular weight excluding hydrogens is 323 g/mol. The molecule has 20 heavy (non-hydrogen) atoms. The normalized spacial score (nSPS) is 11.1. The van der Waals surface area contributed by atoms with Crippen LogP contribution < -0.4 is 0 Å². The Labute approximate surface area is 123 Å². The SMILES string of the molecule is Fc1cc(Cn2cc(CCBr)nn2)c2ncccc2c1. The van der Waals surface area contributed by atoms with Gasteiger partial charge in [0, 0.05) is 35.1 Å². The molecule has 102 valence electrons. The van der Waals surface area contributed by atoms with Gasteiger partial charge in [-0.25, -0.2) is 9.07 Å². The van der Waals surface area contributed by atoms with E-state index in [0.29, 0.717) is 6.54 Å². The first-order valence-corrected chi connectivity index (χ1v) is 7.36. The molecule has 0 bridgehead atoms. The van der Waals surface area contributed by atoms with Crippen LogP contribution >= 0.6 is 15.9 Å². The Morgan fingerprint density at radius 3 is 3.05 bits per heavy atom. The second-order valence-corrected chi connectivity index (χ2v) is 5.28. The summed E-state index contributed by atoms with van der Waals surface area (Å²) in [6, 6.07) is 6.65. The van der Waals surface area contributed by atoms with Crippen LogP contribution in [0.25, 0.3) is 10.9 Å². The molecule has 0 saturated carbocycles. The van der Waals surface area contributed by atoms with Crippen LogP contribution in [-0.4, -0.2) is 25.3 Å². The highest BCUT2D eigenvalue weighted by Crippen LogP contribution is 2.19. The fourth-order valence-corrected chi connectivity index (χ4v) is 2.56. The molecule has 2 heterocycles. The Morgan fingerprint density at radius 2 is 2.20 bits per heavy atom. The van der Waals surface area contributed by atoms with Gasteiger partial charge in [-0.2, -0.15) is 0 Å². The van der Waals surface area contributed by atoms with E-state index in [9.17, 15) is 4.39 Å². The van der Waals surface area contributed by atoms with Crippen LogP contribution in [0.2, 0.25) is 0 Å². The van der Waals surface area contributed by atoms with Gasteiger partial charge >= 0.3 is 0 Å². The number of fused-ring (bicyclic) bond motifs is 1. The van der Waals surface area contributed by atoms with Crippen molar-refractivity contribution in [1.29, 1.82) is 0 Å². The number of hydrogen-bond acceptors (Lipinski definition) is 3. The monoisotopic (exact) mass is 334 g/mol. The van der Waals surface area contributed by atoms with Gasteiger partial charge in [-0.3, -0.25) is 4.98 Å². The van der Waals surface area contributed by atoms with E-state index in [1.807, 2.05) is 12.3 Å². The second-order valence-electron chi connectivity index (χ2n) is 4.49. The van der Waals surface area contributed by atoms with Crippen LogP contribution in [0.3, 0.4) is 0 Å². The Hall–Kier alpha value is -1.82. The Kier molecular flexibility index (Phi) is 3.73. The molecule has 0 saturated heterocycles. The van der Waals surface area contributed by atoms with Crippen molar-refractivity contribution in [2.24, 2.45) is 0 Å². The first kappa shape index (κ1) is 13.2. The van der Waals surface area contributed by atoms with Gasteiger partial charge < -0.3 is 0 Å². The molecule has 0 aliphatic heterocycles. The molecule has 0 fully saturated rings. The van der Waals surface area contributed by atoms with Crippen molar-refractivity contribution < 1.29 is 4.39 Å². The van der Waals surface area contributed by atoms with E-state index in [4.69, 9.17) is 0 Å². The van der Waals surface area contributed by atoms with Crippen molar-refractivity contribution in [3.63, 3.8) is 0 Å². The zero-order valence-electron chi connectivity index (χ0n) is 10.6. The minimum absolute atomic E-state index is 0.263. The summed E-state index contributed by atoms with van der Waals surface area (Å²) in [6.45, 7) is 0.459. The Bertz CT molecular complexity index is 741. The van der Waals surface area contributed by atoms with Crippen LogP contribution in [0.5, 0.6) is 0 Å². The quantitative estimate of drug-likeness (QED) is 0.689. The van der Waals surface area contributed by atoms with Gasteiger partial charge in [-0.05, 0) is 18.2 Å². The maximum absolute atomic E-state index is 13.6. The Balaban J connectivity index is 1.97. The molecule has 1 aromatic carbocycles. The largest absolute Gasteiger partial charge is 0.256 e. The number of nitrogens with zero attached hydrogens (tertiary/aromatic N) is 4. The van der Waals surface area contributed by atoms with Crippen molar-refractivity contribution in [1.82, 2.24) is 20.0 Å². The first-order chi connectivity index (χ1) is 9.76. The van der Waals surface area contributed by atoms with Gasteiger partial charge in [-0.15, -0.1) is 5.10 Å². The molecule has 0 unspecified atom stereocenters. The predicted octanol–water partition coefficient (Wildman–Crippen LogP) is 2.95. The molecule has 2 aromatic heterocycles. The number of aromatic nitrogens is 4. The molecule has 0 atom stereocenters. The zero-order valence-corrected chi connectivity index (χ0v) is 12.2. The molecular formula is C14H12BrFN4. The first-order valence-electron chi connectivity index (χ1n) is 6.24. The third-order valence-electron chi connectivity index (χ3n) is 3.02.